The van der Waals surface area contributed by atoms with E-state index in [0.717, 1.165) is 23.5 Å². The van der Waals surface area contributed by atoms with Gasteiger partial charge in [0.15, 0.2) is 11.6 Å². The summed E-state index contributed by atoms with van der Waals surface area (Å²) in [5, 5.41) is 11.5. The smallest absolute Gasteiger partial charge is 0.272 e. The molecule has 0 saturated carbocycles. The summed E-state index contributed by atoms with van der Waals surface area (Å²) < 4.78 is 53.6. The highest BCUT2D eigenvalue weighted by atomic mass is 32.2. The Morgan fingerprint density at radius 2 is 1.58 bits per heavy atom. The molecule has 0 bridgehead atoms. The summed E-state index contributed by atoms with van der Waals surface area (Å²) in [6.07, 6.45) is 0. The number of anilines is 3. The molecule has 3 aromatic rings. The zero-order valence-corrected chi connectivity index (χ0v) is 13.5. The highest BCUT2D eigenvalue weighted by Crippen LogP contribution is 2.23. The van der Waals surface area contributed by atoms with Crippen LogP contribution in [0.2, 0.25) is 0 Å². The number of para-hydroxylation sites is 1. The average molecular weight is 368 g/mol. The van der Waals surface area contributed by atoms with Crippen molar-refractivity contribution in [1.82, 2.24) is 10.2 Å². The molecule has 0 unspecified atom stereocenters. The van der Waals surface area contributed by atoms with E-state index in [1.54, 1.807) is 11.4 Å². The van der Waals surface area contributed by atoms with Gasteiger partial charge in [0.1, 0.15) is 21.5 Å². The van der Waals surface area contributed by atoms with Crippen LogP contribution in [0.25, 0.3) is 0 Å². The molecule has 0 fully saturated rings. The third-order valence-electron chi connectivity index (χ3n) is 2.88. The number of benzene rings is 1. The largest absolute Gasteiger partial charge is 0.334 e. The van der Waals surface area contributed by atoms with Crippen LogP contribution in [0.4, 0.5) is 26.1 Å². The van der Waals surface area contributed by atoms with Crippen molar-refractivity contribution in [2.75, 3.05) is 10.0 Å². The molecule has 0 radical (unpaired) electrons. The average Bonchev–Trinajstić information content (AvgIpc) is 3.08. The number of sulfonamides is 1. The van der Waals surface area contributed by atoms with Gasteiger partial charge in [-0.1, -0.05) is 12.1 Å². The summed E-state index contributed by atoms with van der Waals surface area (Å²) in [7, 11) is -3.73. The molecule has 1 aromatic carbocycles. The van der Waals surface area contributed by atoms with Gasteiger partial charge in [-0.05, 0) is 35.7 Å². The molecular weight excluding hydrogens is 358 g/mol. The first kappa shape index (κ1) is 16.3. The van der Waals surface area contributed by atoms with Gasteiger partial charge in [0.2, 0.25) is 0 Å². The number of nitrogens with one attached hydrogen (secondary N) is 2. The molecule has 0 aliphatic rings. The Morgan fingerprint density at radius 3 is 2.17 bits per heavy atom. The monoisotopic (exact) mass is 368 g/mol. The second kappa shape index (κ2) is 6.49. The van der Waals surface area contributed by atoms with Crippen LogP contribution in [0.15, 0.2) is 52.1 Å². The summed E-state index contributed by atoms with van der Waals surface area (Å²) in [6.45, 7) is 0. The molecule has 2 aromatic heterocycles. The van der Waals surface area contributed by atoms with E-state index in [0.29, 0.717) is 0 Å². The first-order chi connectivity index (χ1) is 11.5. The normalized spacial score (nSPS) is 11.2. The van der Waals surface area contributed by atoms with Crippen LogP contribution in [0, 0.1) is 11.6 Å². The van der Waals surface area contributed by atoms with Crippen molar-refractivity contribution in [3.05, 3.63) is 59.5 Å². The minimum atomic E-state index is -3.73. The SMILES string of the molecule is O=S(=O)(Nc1ccc(Nc2c(F)cccc2F)nn1)c1cccs1. The lowest BCUT2D eigenvalue weighted by Gasteiger charge is -2.08. The standard InChI is InChI=1S/C14H10F2N4O2S2/c15-9-3-1-4-10(16)14(9)17-11-6-7-12(19-18-11)20-24(21,22)13-5-2-8-23-13/h1-8H,(H,17,18)(H,19,20). The Kier molecular flexibility index (Phi) is 4.40. The van der Waals surface area contributed by atoms with Gasteiger partial charge < -0.3 is 5.32 Å². The van der Waals surface area contributed by atoms with Crippen LogP contribution >= 0.6 is 11.3 Å². The van der Waals surface area contributed by atoms with E-state index < -0.39 is 21.7 Å². The molecular formula is C14H10F2N4O2S2. The Balaban J connectivity index is 1.77. The molecule has 0 aliphatic carbocycles. The predicted octanol–water partition coefficient (Wildman–Crippen LogP) is 3.36. The fourth-order valence-electron chi connectivity index (χ4n) is 1.80. The maximum atomic E-state index is 13.6. The van der Waals surface area contributed by atoms with Crippen LogP contribution in [-0.2, 0) is 10.0 Å². The van der Waals surface area contributed by atoms with Gasteiger partial charge in [-0.2, -0.15) is 0 Å². The van der Waals surface area contributed by atoms with E-state index in [-0.39, 0.29) is 21.5 Å². The lowest BCUT2D eigenvalue weighted by Crippen LogP contribution is -2.13. The molecule has 0 amide bonds. The molecule has 24 heavy (non-hydrogen) atoms. The zero-order chi connectivity index (χ0) is 17.2. The molecule has 10 heteroatoms. The van der Waals surface area contributed by atoms with E-state index in [2.05, 4.69) is 20.2 Å². The Labute approximate surface area is 140 Å². The molecule has 2 heterocycles. The molecule has 124 valence electrons. The van der Waals surface area contributed by atoms with Crippen molar-refractivity contribution in [2.24, 2.45) is 0 Å². The van der Waals surface area contributed by atoms with E-state index in [1.807, 2.05) is 0 Å². The second-order valence-electron chi connectivity index (χ2n) is 4.56. The predicted molar refractivity (Wildman–Crippen MR) is 86.8 cm³/mol. The summed E-state index contributed by atoms with van der Waals surface area (Å²) in [5.74, 6) is -1.50. The van der Waals surface area contributed by atoms with Gasteiger partial charge in [0.05, 0.1) is 0 Å². The maximum Gasteiger partial charge on any atom is 0.272 e. The Morgan fingerprint density at radius 1 is 0.917 bits per heavy atom. The van der Waals surface area contributed by atoms with Gasteiger partial charge in [0, 0.05) is 0 Å². The van der Waals surface area contributed by atoms with E-state index in [9.17, 15) is 17.2 Å². The van der Waals surface area contributed by atoms with Crippen molar-refractivity contribution in [1.29, 1.82) is 0 Å². The number of thiophene rings is 1. The quantitative estimate of drug-likeness (QED) is 0.721. The van der Waals surface area contributed by atoms with Crippen LogP contribution in [0.3, 0.4) is 0 Å². The highest BCUT2D eigenvalue weighted by Gasteiger charge is 2.16. The molecule has 6 nitrogen and oxygen atoms in total. The van der Waals surface area contributed by atoms with Crippen LogP contribution in [0.1, 0.15) is 0 Å². The van der Waals surface area contributed by atoms with Crippen LogP contribution in [0.5, 0.6) is 0 Å². The van der Waals surface area contributed by atoms with Crippen LogP contribution < -0.4 is 10.0 Å². The number of rotatable bonds is 5. The molecule has 0 aliphatic heterocycles. The Bertz CT molecular complexity index is 925. The van der Waals surface area contributed by atoms with E-state index in [1.165, 1.54) is 24.3 Å². The van der Waals surface area contributed by atoms with E-state index in [4.69, 9.17) is 0 Å². The van der Waals surface area contributed by atoms with Gasteiger partial charge >= 0.3 is 0 Å². The van der Waals surface area contributed by atoms with Crippen molar-refractivity contribution in [3.63, 3.8) is 0 Å². The van der Waals surface area contributed by atoms with Gasteiger partial charge in [-0.3, -0.25) is 4.72 Å². The fraction of sp³-hybridized carbons (Fsp3) is 0. The van der Waals surface area contributed by atoms with Crippen molar-refractivity contribution in [2.45, 2.75) is 4.21 Å². The minimum absolute atomic E-state index is 0.0112. The van der Waals surface area contributed by atoms with Gasteiger partial charge in [0.25, 0.3) is 10.0 Å². The molecule has 3 rings (SSSR count). The zero-order valence-electron chi connectivity index (χ0n) is 11.9. The summed E-state index contributed by atoms with van der Waals surface area (Å²) in [6, 6.07) is 9.19. The van der Waals surface area contributed by atoms with Crippen molar-refractivity contribution >= 4 is 38.7 Å². The fourth-order valence-corrected chi connectivity index (χ4v) is 3.79. The van der Waals surface area contributed by atoms with Gasteiger partial charge in [-0.15, -0.1) is 21.5 Å². The second-order valence-corrected chi connectivity index (χ2v) is 7.42. The van der Waals surface area contributed by atoms with Crippen molar-refractivity contribution in [3.8, 4) is 0 Å². The lowest BCUT2D eigenvalue weighted by molar-refractivity contribution is 0.590. The maximum absolute atomic E-state index is 13.6. The van der Waals surface area contributed by atoms with E-state index >= 15 is 0 Å². The molecule has 0 spiro atoms. The minimum Gasteiger partial charge on any atom is -0.334 e. The summed E-state index contributed by atoms with van der Waals surface area (Å²) in [5.41, 5.74) is -0.362. The summed E-state index contributed by atoms with van der Waals surface area (Å²) in [4.78, 5) is 0. The molecule has 2 N–H and O–H groups in total. The lowest BCUT2D eigenvalue weighted by atomic mass is 10.3. The third kappa shape index (κ3) is 3.49. The summed E-state index contributed by atoms with van der Waals surface area (Å²) >= 11 is 1.06. The first-order valence-electron chi connectivity index (χ1n) is 6.57. The van der Waals surface area contributed by atoms with Crippen LogP contribution in [-0.4, -0.2) is 18.6 Å². The Hall–Kier alpha value is -2.59. The number of hydrogen-bond donors (Lipinski definition) is 2. The molecule has 0 saturated heterocycles. The van der Waals surface area contributed by atoms with Gasteiger partial charge in [-0.25, -0.2) is 17.2 Å². The number of nitrogens with zero attached hydrogens (tertiary/aromatic N) is 2. The topological polar surface area (TPSA) is 84.0 Å². The highest BCUT2D eigenvalue weighted by molar-refractivity contribution is 7.94. The number of hydrogen-bond acceptors (Lipinski definition) is 6. The number of aromatic nitrogens is 2. The molecule has 0 atom stereocenters. The first-order valence-corrected chi connectivity index (χ1v) is 8.93. The third-order valence-corrected chi connectivity index (χ3v) is 5.63. The number of halogens is 2. The van der Waals surface area contributed by atoms with Crippen molar-refractivity contribution < 1.29 is 17.2 Å².